The maximum Gasteiger partial charge on any atom is 0.290 e. The molecule has 1 amide bonds. The number of carbonyl (C=O) groups is 1. The van der Waals surface area contributed by atoms with E-state index >= 15 is 0 Å². The fourth-order valence-corrected chi connectivity index (χ4v) is 3.33. The van der Waals surface area contributed by atoms with Crippen LogP contribution in [-0.4, -0.2) is 25.0 Å². The number of carbonyl (C=O) groups excluding carboxylic acids is 1. The lowest BCUT2D eigenvalue weighted by molar-refractivity contribution is 0.0749. The van der Waals surface area contributed by atoms with E-state index in [4.69, 9.17) is 13.9 Å². The second-order valence-corrected chi connectivity index (χ2v) is 7.09. The van der Waals surface area contributed by atoms with Gasteiger partial charge in [0, 0.05) is 19.2 Å². The van der Waals surface area contributed by atoms with Crippen molar-refractivity contribution in [3.8, 4) is 11.5 Å². The minimum atomic E-state index is -0.179. The molecule has 30 heavy (non-hydrogen) atoms. The van der Waals surface area contributed by atoms with E-state index in [1.54, 1.807) is 25.1 Å². The SMILES string of the molecule is COc1ccc2cc(CN(C)C(=O)c3occc3COc3ccccc3)ccc2c1. The van der Waals surface area contributed by atoms with E-state index < -0.39 is 0 Å². The van der Waals surface area contributed by atoms with Crippen molar-refractivity contribution in [1.82, 2.24) is 4.90 Å². The summed E-state index contributed by atoms with van der Waals surface area (Å²) in [5.74, 6) is 1.70. The first-order chi connectivity index (χ1) is 14.6. The highest BCUT2D eigenvalue weighted by molar-refractivity contribution is 5.93. The van der Waals surface area contributed by atoms with Crippen LogP contribution in [0.15, 0.2) is 83.5 Å². The van der Waals surface area contributed by atoms with Crippen molar-refractivity contribution < 1.29 is 18.7 Å². The first-order valence-corrected chi connectivity index (χ1v) is 9.70. The zero-order chi connectivity index (χ0) is 20.9. The lowest BCUT2D eigenvalue weighted by atomic mass is 10.1. The van der Waals surface area contributed by atoms with Crippen molar-refractivity contribution in [3.05, 3.63) is 95.9 Å². The number of hydrogen-bond acceptors (Lipinski definition) is 4. The molecule has 0 atom stereocenters. The third-order valence-corrected chi connectivity index (χ3v) is 4.96. The normalized spacial score (nSPS) is 10.7. The van der Waals surface area contributed by atoms with Crippen LogP contribution in [0.3, 0.4) is 0 Å². The zero-order valence-electron chi connectivity index (χ0n) is 17.0. The van der Waals surface area contributed by atoms with Crippen LogP contribution in [0, 0.1) is 0 Å². The Kier molecular flexibility index (Phi) is 5.70. The van der Waals surface area contributed by atoms with E-state index in [0.29, 0.717) is 12.3 Å². The maximum atomic E-state index is 12.9. The Hall–Kier alpha value is -3.73. The number of hydrogen-bond donors (Lipinski definition) is 0. The molecule has 0 aliphatic rings. The maximum absolute atomic E-state index is 12.9. The van der Waals surface area contributed by atoms with Gasteiger partial charge in [-0.15, -0.1) is 0 Å². The highest BCUT2D eigenvalue weighted by atomic mass is 16.5. The van der Waals surface area contributed by atoms with Crippen molar-refractivity contribution in [2.75, 3.05) is 14.2 Å². The Morgan fingerprint density at radius 3 is 2.50 bits per heavy atom. The number of nitrogens with zero attached hydrogens (tertiary/aromatic N) is 1. The van der Waals surface area contributed by atoms with Crippen molar-refractivity contribution >= 4 is 16.7 Å². The molecule has 0 aliphatic carbocycles. The van der Waals surface area contributed by atoms with Crippen LogP contribution in [0.5, 0.6) is 11.5 Å². The van der Waals surface area contributed by atoms with Gasteiger partial charge in [-0.1, -0.05) is 36.4 Å². The van der Waals surface area contributed by atoms with Gasteiger partial charge in [0.2, 0.25) is 0 Å². The third-order valence-electron chi connectivity index (χ3n) is 4.96. The van der Waals surface area contributed by atoms with Crippen molar-refractivity contribution in [2.45, 2.75) is 13.2 Å². The lowest BCUT2D eigenvalue weighted by Crippen LogP contribution is -2.26. The van der Waals surface area contributed by atoms with Gasteiger partial charge < -0.3 is 18.8 Å². The second kappa shape index (κ2) is 8.74. The topological polar surface area (TPSA) is 51.9 Å². The number of furan rings is 1. The van der Waals surface area contributed by atoms with Crippen LogP contribution in [0.1, 0.15) is 21.7 Å². The molecule has 0 N–H and O–H groups in total. The Morgan fingerprint density at radius 2 is 1.70 bits per heavy atom. The molecule has 4 rings (SSSR count). The minimum absolute atomic E-state index is 0.179. The van der Waals surface area contributed by atoms with Crippen LogP contribution in [0.2, 0.25) is 0 Å². The van der Waals surface area contributed by atoms with Crippen molar-refractivity contribution in [3.63, 3.8) is 0 Å². The van der Waals surface area contributed by atoms with Gasteiger partial charge >= 0.3 is 0 Å². The Balaban J connectivity index is 1.45. The first kappa shape index (κ1) is 19.6. The largest absolute Gasteiger partial charge is 0.497 e. The molecule has 3 aromatic carbocycles. The smallest absolute Gasteiger partial charge is 0.290 e. The van der Waals surface area contributed by atoms with Gasteiger partial charge in [-0.2, -0.15) is 0 Å². The van der Waals surface area contributed by atoms with E-state index in [2.05, 4.69) is 6.07 Å². The van der Waals surface area contributed by atoms with E-state index in [-0.39, 0.29) is 12.5 Å². The summed E-state index contributed by atoms with van der Waals surface area (Å²) in [6.45, 7) is 0.744. The standard InChI is InChI=1S/C25H23NO4/c1-26(16-18-8-9-20-15-23(28-2)11-10-19(20)14-18)25(27)24-21(12-13-29-24)17-30-22-6-4-3-5-7-22/h3-15H,16-17H2,1-2H3. The molecule has 1 heterocycles. The predicted molar refractivity (Wildman–Crippen MR) is 116 cm³/mol. The van der Waals surface area contributed by atoms with Crippen LogP contribution >= 0.6 is 0 Å². The number of ether oxygens (including phenoxy) is 2. The van der Waals surface area contributed by atoms with E-state index in [0.717, 1.165) is 33.4 Å². The van der Waals surface area contributed by atoms with Gasteiger partial charge in [-0.25, -0.2) is 0 Å². The van der Waals surface area contributed by atoms with Gasteiger partial charge in [-0.3, -0.25) is 4.79 Å². The highest BCUT2D eigenvalue weighted by Gasteiger charge is 2.20. The molecule has 5 heteroatoms. The summed E-state index contributed by atoms with van der Waals surface area (Å²) in [5, 5.41) is 2.20. The van der Waals surface area contributed by atoms with Crippen LogP contribution in [0.4, 0.5) is 0 Å². The Labute approximate surface area is 175 Å². The summed E-state index contributed by atoms with van der Waals surface area (Å²) in [7, 11) is 3.43. The molecule has 0 fully saturated rings. The molecule has 4 aromatic rings. The van der Waals surface area contributed by atoms with Crippen LogP contribution in [0.25, 0.3) is 10.8 Å². The highest BCUT2D eigenvalue weighted by Crippen LogP contribution is 2.23. The molecule has 0 unspecified atom stereocenters. The number of amides is 1. The third kappa shape index (κ3) is 4.30. The minimum Gasteiger partial charge on any atom is -0.497 e. The molecule has 0 bridgehead atoms. The van der Waals surface area contributed by atoms with Crippen molar-refractivity contribution in [1.29, 1.82) is 0 Å². The Morgan fingerprint density at radius 1 is 0.933 bits per heavy atom. The van der Waals surface area contributed by atoms with Crippen LogP contribution < -0.4 is 9.47 Å². The summed E-state index contributed by atoms with van der Waals surface area (Å²) in [5.41, 5.74) is 1.76. The zero-order valence-corrected chi connectivity index (χ0v) is 17.0. The molecule has 0 spiro atoms. The number of para-hydroxylation sites is 1. The summed E-state index contributed by atoms with van der Waals surface area (Å²) in [6.07, 6.45) is 1.52. The molecule has 0 saturated carbocycles. The summed E-state index contributed by atoms with van der Waals surface area (Å²) in [6, 6.07) is 23.4. The number of benzene rings is 3. The van der Waals surface area contributed by atoms with Gasteiger partial charge in [0.25, 0.3) is 5.91 Å². The summed E-state index contributed by atoms with van der Waals surface area (Å²) < 4.78 is 16.5. The van der Waals surface area contributed by atoms with E-state index in [1.165, 1.54) is 6.26 Å². The average molecular weight is 401 g/mol. The van der Waals surface area contributed by atoms with Crippen LogP contribution in [-0.2, 0) is 13.2 Å². The van der Waals surface area contributed by atoms with Gasteiger partial charge in [0.05, 0.1) is 13.4 Å². The van der Waals surface area contributed by atoms with Gasteiger partial charge in [0.1, 0.15) is 18.1 Å². The molecule has 0 radical (unpaired) electrons. The molecule has 0 saturated heterocycles. The fraction of sp³-hybridized carbons (Fsp3) is 0.160. The quantitative estimate of drug-likeness (QED) is 0.422. The first-order valence-electron chi connectivity index (χ1n) is 9.70. The van der Waals surface area contributed by atoms with E-state index in [9.17, 15) is 4.79 Å². The molecule has 0 aliphatic heterocycles. The number of methoxy groups -OCH3 is 1. The monoisotopic (exact) mass is 401 g/mol. The number of fused-ring (bicyclic) bond motifs is 1. The number of rotatable bonds is 7. The fourth-order valence-electron chi connectivity index (χ4n) is 3.33. The van der Waals surface area contributed by atoms with Gasteiger partial charge in [0.15, 0.2) is 5.76 Å². The predicted octanol–water partition coefficient (Wildman–Crippen LogP) is 5.29. The van der Waals surface area contributed by atoms with Crippen molar-refractivity contribution in [2.24, 2.45) is 0 Å². The summed E-state index contributed by atoms with van der Waals surface area (Å²) in [4.78, 5) is 14.6. The molecule has 5 nitrogen and oxygen atoms in total. The van der Waals surface area contributed by atoms with Gasteiger partial charge in [-0.05, 0) is 52.7 Å². The molecule has 1 aromatic heterocycles. The lowest BCUT2D eigenvalue weighted by Gasteiger charge is -2.17. The Bertz CT molecular complexity index is 1150. The second-order valence-electron chi connectivity index (χ2n) is 7.09. The van der Waals surface area contributed by atoms with E-state index in [1.807, 2.05) is 60.7 Å². The molecular formula is C25H23NO4. The molecule has 152 valence electrons. The average Bonchev–Trinajstić information content (AvgIpc) is 3.26. The molecular weight excluding hydrogens is 378 g/mol. The summed E-state index contributed by atoms with van der Waals surface area (Å²) >= 11 is 0.